The largest absolute Gasteiger partial charge is 0.417 e. The summed E-state index contributed by atoms with van der Waals surface area (Å²) in [5.41, 5.74) is -2.55. The van der Waals surface area contributed by atoms with Crippen molar-refractivity contribution in [2.45, 2.75) is 223 Å². The van der Waals surface area contributed by atoms with Crippen molar-refractivity contribution in [3.05, 3.63) is 46.5 Å². The standard InChI is InChI=1S/C76H117ClF3N13O13/c1-14-50(4)66-72(104)87(9)47-64(98)85(7)48-65(99)89(11)58(43-51-27-18-15-19-28-51)70(102)86(8)45-60(94)81-56(35-33-52-32-34-54(55(77)42-52)76(78,79)80)69(101)93(40-26-31-62(96)84(5)6)46-61(95)83-75(36-22-23-37-75)74(106)91(13)67(53-29-20-16-21-30-53)73(105)90(12)59(71(103)92-38-24-17-25-39-92)44-63(97)88(10)57(41-49(2)3)68(100)82-66/h26,31-32,34,42,49-51,53,56-59,66-67H,14-25,27-30,33,35-41,43-48H2,1-13H3,(H,81,94)(H,82,100)(H,83,95)/t50-,56-,57-,58-,59?,66-,67-/m0/s1. The van der Waals surface area contributed by atoms with Gasteiger partial charge in [-0.25, -0.2) is 0 Å². The first-order chi connectivity index (χ1) is 49.9. The number of hydrogen-bond acceptors (Lipinski definition) is 13. The number of amides is 13. The molecule has 1 aromatic carbocycles. The van der Waals surface area contributed by atoms with Gasteiger partial charge >= 0.3 is 6.18 Å². The van der Waals surface area contributed by atoms with E-state index >= 15 is 28.8 Å². The van der Waals surface area contributed by atoms with E-state index in [2.05, 4.69) is 16.0 Å². The second-order valence-corrected chi connectivity index (χ2v) is 31.3. The van der Waals surface area contributed by atoms with Crippen LogP contribution in [0.15, 0.2) is 30.4 Å². The highest BCUT2D eigenvalue weighted by Gasteiger charge is 2.50. The van der Waals surface area contributed by atoms with E-state index in [0.29, 0.717) is 70.9 Å². The lowest BCUT2D eigenvalue weighted by molar-refractivity contribution is -0.157. The van der Waals surface area contributed by atoms with Crippen molar-refractivity contribution in [3.8, 4) is 0 Å². The summed E-state index contributed by atoms with van der Waals surface area (Å²) in [5, 5.41) is 7.95. The predicted molar refractivity (Wildman–Crippen MR) is 393 cm³/mol. The maximum absolute atomic E-state index is 15.9. The van der Waals surface area contributed by atoms with E-state index in [1.54, 1.807) is 11.8 Å². The van der Waals surface area contributed by atoms with Gasteiger partial charge in [0.05, 0.1) is 43.2 Å². The van der Waals surface area contributed by atoms with Gasteiger partial charge in [0.2, 0.25) is 76.8 Å². The quantitative estimate of drug-likeness (QED) is 0.183. The monoisotopic (exact) mass is 1510 g/mol. The van der Waals surface area contributed by atoms with E-state index in [-0.39, 0.29) is 55.9 Å². The Kier molecular flexibility index (Phi) is 32.7. The second kappa shape index (κ2) is 39.8. The zero-order chi connectivity index (χ0) is 78.7. The number of likely N-dealkylation sites (tertiary alicyclic amines) is 1. The minimum atomic E-state index is -4.80. The third-order valence-electron chi connectivity index (χ3n) is 22.2. The van der Waals surface area contributed by atoms with Gasteiger partial charge in [0.25, 0.3) is 0 Å². The van der Waals surface area contributed by atoms with Crippen LogP contribution in [-0.2, 0) is 74.9 Å². The van der Waals surface area contributed by atoms with Crippen LogP contribution < -0.4 is 16.0 Å². The Morgan fingerprint density at radius 1 is 0.651 bits per heavy atom. The number of benzene rings is 1. The van der Waals surface area contributed by atoms with Crippen molar-refractivity contribution in [3.63, 3.8) is 0 Å². The fourth-order valence-electron chi connectivity index (χ4n) is 15.4. The number of rotatable bonds is 14. The summed E-state index contributed by atoms with van der Waals surface area (Å²) < 4.78 is 41.9. The number of aryl methyl sites for hydroxylation is 1. The molecule has 7 atom stereocenters. The Labute approximate surface area is 628 Å². The number of likely N-dealkylation sites (N-methyl/N-ethyl adjacent to an activating group) is 8. The first-order valence-electron chi connectivity index (χ1n) is 37.9. The van der Waals surface area contributed by atoms with Gasteiger partial charge in [-0.05, 0) is 112 Å². The molecular weight excluding hydrogens is 1400 g/mol. The lowest BCUT2D eigenvalue weighted by atomic mass is 9.81. The molecule has 2 aliphatic heterocycles. The number of hydrogen-bond donors (Lipinski definition) is 3. The van der Waals surface area contributed by atoms with Crippen molar-refractivity contribution in [1.29, 1.82) is 0 Å². The molecule has 1 aromatic rings. The molecule has 26 nitrogen and oxygen atoms in total. The summed E-state index contributed by atoms with van der Waals surface area (Å²) in [6.45, 7) is 4.98. The molecule has 3 N–H and O–H groups in total. The minimum absolute atomic E-state index is 0.0175. The maximum Gasteiger partial charge on any atom is 0.417 e. The molecule has 3 aliphatic carbocycles. The number of nitrogens with zero attached hydrogens (tertiary/aromatic N) is 10. The van der Waals surface area contributed by atoms with Crippen molar-refractivity contribution < 1.29 is 75.5 Å². The van der Waals surface area contributed by atoms with Crippen LogP contribution in [0.25, 0.3) is 0 Å². The van der Waals surface area contributed by atoms with Gasteiger partial charge in [0, 0.05) is 89.1 Å². The Hall–Kier alpha value is -7.85. The number of alkyl halides is 3. The normalized spacial score (nSPS) is 24.9. The first-order valence-corrected chi connectivity index (χ1v) is 38.3. The number of nitrogens with one attached hydrogen (secondary N) is 3. The van der Waals surface area contributed by atoms with Crippen LogP contribution in [0.2, 0.25) is 5.02 Å². The molecule has 592 valence electrons. The summed E-state index contributed by atoms with van der Waals surface area (Å²) in [7, 11) is 12.8. The predicted octanol–water partition coefficient (Wildman–Crippen LogP) is 5.91. The second-order valence-electron chi connectivity index (χ2n) is 30.9. The van der Waals surface area contributed by atoms with E-state index in [0.717, 1.165) is 76.7 Å². The van der Waals surface area contributed by atoms with E-state index in [1.807, 2.05) is 20.8 Å². The number of halogens is 4. The average molecular weight is 1510 g/mol. The van der Waals surface area contributed by atoms with E-state index in [4.69, 9.17) is 11.6 Å². The Morgan fingerprint density at radius 3 is 1.82 bits per heavy atom. The lowest BCUT2D eigenvalue weighted by Crippen LogP contribution is -2.64. The zero-order valence-corrected chi connectivity index (χ0v) is 65.4. The summed E-state index contributed by atoms with van der Waals surface area (Å²) in [6, 6.07) is -4.82. The van der Waals surface area contributed by atoms with Crippen LogP contribution in [0.3, 0.4) is 0 Å². The Bertz CT molecular complexity index is 3310. The van der Waals surface area contributed by atoms with Crippen LogP contribution in [0.5, 0.6) is 0 Å². The van der Waals surface area contributed by atoms with E-state index in [9.17, 15) is 46.7 Å². The number of piperidine rings is 1. The van der Waals surface area contributed by atoms with Crippen molar-refractivity contribution >= 4 is 88.4 Å². The third-order valence-corrected chi connectivity index (χ3v) is 22.5. The summed E-state index contributed by atoms with van der Waals surface area (Å²) in [5.74, 6) is -10.1. The molecule has 5 fully saturated rings. The molecule has 2 heterocycles. The number of carbonyl (C=O) groups is 13. The maximum atomic E-state index is 15.9. The molecule has 30 heteroatoms. The topological polar surface area (TPSA) is 290 Å². The molecule has 13 amide bonds. The molecule has 106 heavy (non-hydrogen) atoms. The summed E-state index contributed by atoms with van der Waals surface area (Å²) >= 11 is 6.18. The molecule has 6 rings (SSSR count). The van der Waals surface area contributed by atoms with Gasteiger partial charge in [-0.1, -0.05) is 122 Å². The molecule has 3 saturated carbocycles. The number of carbonyl (C=O) groups excluding carboxylic acids is 13. The highest BCUT2D eigenvalue weighted by atomic mass is 35.5. The smallest absolute Gasteiger partial charge is 0.345 e. The zero-order valence-electron chi connectivity index (χ0n) is 64.7. The molecular formula is C76H117ClF3N13O13. The molecule has 0 aromatic heterocycles. The van der Waals surface area contributed by atoms with Gasteiger partial charge in [-0.2, -0.15) is 13.2 Å². The van der Waals surface area contributed by atoms with Gasteiger partial charge in [-0.3, -0.25) is 62.3 Å². The Balaban J connectivity index is 1.48. The summed E-state index contributed by atoms with van der Waals surface area (Å²) in [6.07, 6.45) is 8.11. The van der Waals surface area contributed by atoms with Crippen LogP contribution in [0, 0.1) is 23.7 Å². The minimum Gasteiger partial charge on any atom is -0.345 e. The third kappa shape index (κ3) is 23.6. The first kappa shape index (κ1) is 87.1. The highest BCUT2D eigenvalue weighted by Crippen LogP contribution is 2.38. The van der Waals surface area contributed by atoms with Crippen LogP contribution >= 0.6 is 11.6 Å². The van der Waals surface area contributed by atoms with Crippen molar-refractivity contribution in [2.75, 3.05) is 109 Å². The van der Waals surface area contributed by atoms with Crippen molar-refractivity contribution in [2.24, 2.45) is 23.7 Å². The molecule has 1 unspecified atom stereocenters. The van der Waals surface area contributed by atoms with Crippen molar-refractivity contribution in [1.82, 2.24) is 64.9 Å². The Morgan fingerprint density at radius 2 is 1.24 bits per heavy atom. The van der Waals surface area contributed by atoms with Crippen LogP contribution in [0.1, 0.15) is 180 Å². The fraction of sp³-hybridized carbons (Fsp3) is 0.724. The van der Waals surface area contributed by atoms with Crippen LogP contribution in [0.4, 0.5) is 13.2 Å². The van der Waals surface area contributed by atoms with E-state index < -0.39 is 186 Å². The molecule has 1 spiro atoms. The average Bonchev–Trinajstić information content (AvgIpc) is 1.18. The molecule has 5 aliphatic rings. The van der Waals surface area contributed by atoms with Crippen LogP contribution in [-0.4, -0.2) is 277 Å². The van der Waals surface area contributed by atoms with Gasteiger partial charge < -0.3 is 64.9 Å². The van der Waals surface area contributed by atoms with E-state index in [1.165, 1.54) is 106 Å². The molecule has 0 bridgehead atoms. The summed E-state index contributed by atoms with van der Waals surface area (Å²) in [4.78, 5) is 206. The molecule has 0 radical (unpaired) electrons. The highest BCUT2D eigenvalue weighted by molar-refractivity contribution is 6.31. The molecule has 2 saturated heterocycles. The van der Waals surface area contributed by atoms with Gasteiger partial charge in [0.15, 0.2) is 0 Å². The SMILES string of the molecule is CC[C@H](C)[C@@H]1NC(=O)[C@H](CC(C)C)N(C)C(=O)CC(C(=O)N2CCCCC2)N(C)C(=O)[C@H](C2CCCCC2)N(C)C(=O)C2(CCCC2)NC(=O)CN(CC=CC(=O)N(C)C)C(=O)[C@H](CCc2ccc(C(F)(F)F)c(Cl)c2)NC(=O)CN(C)C(=O)[C@H](CC2CCCCC2)N(C)C(=O)CN(C)C(=O)CN(C)C1=O. The van der Waals surface area contributed by atoms with Gasteiger partial charge in [0.1, 0.15) is 41.8 Å². The van der Waals surface area contributed by atoms with Gasteiger partial charge in [-0.15, -0.1) is 0 Å². The lowest BCUT2D eigenvalue weighted by Gasteiger charge is -2.43. The fourth-order valence-corrected chi connectivity index (χ4v) is 15.7.